The zero-order valence-electron chi connectivity index (χ0n) is 11.2. The fourth-order valence-corrected chi connectivity index (χ4v) is 2.62. The minimum atomic E-state index is -0.159. The van der Waals surface area contributed by atoms with E-state index in [0.29, 0.717) is 11.5 Å². The Kier molecular flexibility index (Phi) is 2.70. The maximum atomic E-state index is 12.2. The van der Waals surface area contributed by atoms with Crippen LogP contribution in [0.3, 0.4) is 0 Å². The molecule has 3 heterocycles. The van der Waals surface area contributed by atoms with Gasteiger partial charge in [-0.1, -0.05) is 0 Å². The molecule has 0 atom stereocenters. The molecule has 0 fully saturated rings. The second-order valence-corrected chi connectivity index (χ2v) is 4.94. The Hall–Kier alpha value is -2.69. The highest BCUT2D eigenvalue weighted by atomic mass is 16.7. The van der Waals surface area contributed by atoms with Crippen LogP contribution in [-0.4, -0.2) is 19.1 Å². The van der Waals surface area contributed by atoms with Gasteiger partial charge in [0, 0.05) is 23.9 Å². The second-order valence-electron chi connectivity index (χ2n) is 4.94. The summed E-state index contributed by atoms with van der Waals surface area (Å²) in [6, 6.07) is 7.27. The number of rotatable bonds is 2. The average Bonchev–Trinajstić information content (AvgIpc) is 3.16. The van der Waals surface area contributed by atoms with Crippen molar-refractivity contribution in [1.82, 2.24) is 5.32 Å². The van der Waals surface area contributed by atoms with Crippen LogP contribution in [0.4, 0.5) is 0 Å². The molecule has 0 spiro atoms. The number of ether oxygens (including phenoxy) is 2. The summed E-state index contributed by atoms with van der Waals surface area (Å²) in [6.45, 7) is 1.03. The minimum absolute atomic E-state index is 0.159. The largest absolute Gasteiger partial charge is 0.461 e. The highest BCUT2D eigenvalue weighted by Gasteiger charge is 2.22. The Morgan fingerprint density at radius 3 is 2.90 bits per heavy atom. The Labute approximate surface area is 121 Å². The van der Waals surface area contributed by atoms with Crippen molar-refractivity contribution in [2.24, 2.45) is 0 Å². The molecule has 1 N–H and O–H groups in total. The molecule has 0 bridgehead atoms. The molecule has 2 aromatic rings. The fourth-order valence-electron chi connectivity index (χ4n) is 2.62. The number of nitrogens with one attached hydrogen (secondary N) is 1. The monoisotopic (exact) mass is 283 g/mol. The van der Waals surface area contributed by atoms with Crippen molar-refractivity contribution in [2.45, 2.75) is 6.42 Å². The number of carbonyl (C=O) groups excluding carboxylic acids is 1. The average molecular weight is 283 g/mol. The number of hydrogen-bond acceptors (Lipinski definition) is 5. The molecule has 0 saturated heterocycles. The summed E-state index contributed by atoms with van der Waals surface area (Å²) in [5.41, 5.74) is 2.91. The van der Waals surface area contributed by atoms with Crippen molar-refractivity contribution in [3.63, 3.8) is 0 Å². The molecule has 106 valence electrons. The van der Waals surface area contributed by atoms with Gasteiger partial charge in [-0.15, -0.1) is 0 Å². The van der Waals surface area contributed by atoms with E-state index in [9.17, 15) is 4.79 Å². The second kappa shape index (κ2) is 4.70. The zero-order valence-corrected chi connectivity index (χ0v) is 11.2. The summed E-state index contributed by atoms with van der Waals surface area (Å²) in [5, 5.41) is 3.26. The third-order valence-electron chi connectivity index (χ3n) is 3.64. The summed E-state index contributed by atoms with van der Waals surface area (Å²) < 4.78 is 15.9. The lowest BCUT2D eigenvalue weighted by Crippen LogP contribution is -2.23. The predicted molar refractivity (Wildman–Crippen MR) is 75.3 cm³/mol. The molecule has 2 aliphatic heterocycles. The maximum absolute atomic E-state index is 12.2. The van der Waals surface area contributed by atoms with Gasteiger partial charge in [0.1, 0.15) is 0 Å². The Morgan fingerprint density at radius 2 is 2.10 bits per heavy atom. The van der Waals surface area contributed by atoms with Crippen molar-refractivity contribution in [3.05, 3.63) is 53.5 Å². The SMILES string of the molecule is O=C(C=C1NCCc2cc3c(cc21)OCO3)c1ccco1. The van der Waals surface area contributed by atoms with E-state index in [1.54, 1.807) is 18.2 Å². The van der Waals surface area contributed by atoms with E-state index in [-0.39, 0.29) is 12.6 Å². The fraction of sp³-hybridized carbons (Fsp3) is 0.188. The van der Waals surface area contributed by atoms with Crippen molar-refractivity contribution in [3.8, 4) is 11.5 Å². The van der Waals surface area contributed by atoms with E-state index < -0.39 is 0 Å². The van der Waals surface area contributed by atoms with Crippen LogP contribution in [0.15, 0.2) is 41.0 Å². The topological polar surface area (TPSA) is 60.7 Å². The van der Waals surface area contributed by atoms with Crippen LogP contribution in [0, 0.1) is 0 Å². The van der Waals surface area contributed by atoms with E-state index in [4.69, 9.17) is 13.9 Å². The first kappa shape index (κ1) is 12.1. The molecule has 0 saturated carbocycles. The zero-order chi connectivity index (χ0) is 14.2. The minimum Gasteiger partial charge on any atom is -0.461 e. The summed E-state index contributed by atoms with van der Waals surface area (Å²) in [4.78, 5) is 12.2. The van der Waals surface area contributed by atoms with Crippen LogP contribution in [0.25, 0.3) is 5.70 Å². The smallest absolute Gasteiger partial charge is 0.231 e. The molecule has 4 rings (SSSR count). The number of benzene rings is 1. The number of ketones is 1. The molecular weight excluding hydrogens is 270 g/mol. The molecule has 21 heavy (non-hydrogen) atoms. The van der Waals surface area contributed by atoms with Crippen molar-refractivity contribution in [2.75, 3.05) is 13.3 Å². The lowest BCUT2D eigenvalue weighted by atomic mass is 9.96. The maximum Gasteiger partial charge on any atom is 0.231 e. The van der Waals surface area contributed by atoms with Gasteiger partial charge in [0.15, 0.2) is 17.3 Å². The van der Waals surface area contributed by atoms with Gasteiger partial charge >= 0.3 is 0 Å². The van der Waals surface area contributed by atoms with Gasteiger partial charge in [-0.25, -0.2) is 0 Å². The molecular formula is C16H13NO4. The molecule has 1 aromatic heterocycles. The van der Waals surface area contributed by atoms with Crippen molar-refractivity contribution >= 4 is 11.5 Å². The van der Waals surface area contributed by atoms with Gasteiger partial charge in [-0.05, 0) is 36.2 Å². The summed E-state index contributed by atoms with van der Waals surface area (Å²) in [6.07, 6.45) is 3.95. The first-order valence-electron chi connectivity index (χ1n) is 6.77. The summed E-state index contributed by atoms with van der Waals surface area (Å²) in [5.74, 6) is 1.66. The van der Waals surface area contributed by atoms with E-state index in [0.717, 1.165) is 35.5 Å². The van der Waals surface area contributed by atoms with E-state index in [1.165, 1.54) is 6.26 Å². The number of hydrogen-bond donors (Lipinski definition) is 1. The lowest BCUT2D eigenvalue weighted by molar-refractivity contribution is 0.102. The third kappa shape index (κ3) is 2.07. The van der Waals surface area contributed by atoms with Crippen LogP contribution in [0.1, 0.15) is 21.7 Å². The van der Waals surface area contributed by atoms with Gasteiger partial charge in [-0.2, -0.15) is 0 Å². The van der Waals surface area contributed by atoms with Gasteiger partial charge in [0.25, 0.3) is 0 Å². The number of furan rings is 1. The van der Waals surface area contributed by atoms with Crippen LogP contribution < -0.4 is 14.8 Å². The first-order chi connectivity index (χ1) is 10.3. The van der Waals surface area contributed by atoms with E-state index >= 15 is 0 Å². The van der Waals surface area contributed by atoms with Crippen LogP contribution in [-0.2, 0) is 6.42 Å². The highest BCUT2D eigenvalue weighted by Crippen LogP contribution is 2.38. The highest BCUT2D eigenvalue weighted by molar-refractivity contribution is 6.06. The molecule has 2 aliphatic rings. The first-order valence-corrected chi connectivity index (χ1v) is 6.77. The molecule has 5 nitrogen and oxygen atoms in total. The van der Waals surface area contributed by atoms with Gasteiger partial charge in [0.05, 0.1) is 6.26 Å². The molecule has 0 aliphatic carbocycles. The molecule has 0 unspecified atom stereocenters. The summed E-state index contributed by atoms with van der Waals surface area (Å²) >= 11 is 0. The predicted octanol–water partition coefficient (Wildman–Crippen LogP) is 2.38. The van der Waals surface area contributed by atoms with Gasteiger partial charge in [0.2, 0.25) is 12.6 Å². The van der Waals surface area contributed by atoms with Crippen LogP contribution >= 0.6 is 0 Å². The van der Waals surface area contributed by atoms with Gasteiger partial charge < -0.3 is 19.2 Å². The molecule has 1 aromatic carbocycles. The Balaban J connectivity index is 1.75. The molecule has 5 heteroatoms. The van der Waals surface area contributed by atoms with Gasteiger partial charge in [-0.3, -0.25) is 4.79 Å². The Morgan fingerprint density at radius 1 is 1.24 bits per heavy atom. The number of fused-ring (bicyclic) bond motifs is 2. The third-order valence-corrected chi connectivity index (χ3v) is 3.64. The van der Waals surface area contributed by atoms with Crippen molar-refractivity contribution < 1.29 is 18.7 Å². The normalized spacial score (nSPS) is 17.4. The lowest BCUT2D eigenvalue weighted by Gasteiger charge is -2.21. The number of allylic oxidation sites excluding steroid dienone is 1. The van der Waals surface area contributed by atoms with E-state index in [2.05, 4.69) is 5.32 Å². The molecule has 0 amide bonds. The van der Waals surface area contributed by atoms with Crippen molar-refractivity contribution in [1.29, 1.82) is 0 Å². The quantitative estimate of drug-likeness (QED) is 0.677. The Bertz CT molecular complexity index is 731. The van der Waals surface area contributed by atoms with Crippen LogP contribution in [0.2, 0.25) is 0 Å². The van der Waals surface area contributed by atoms with E-state index in [1.807, 2.05) is 12.1 Å². The summed E-state index contributed by atoms with van der Waals surface area (Å²) in [7, 11) is 0. The number of carbonyl (C=O) groups is 1. The standard InChI is InChI=1S/C16H13NO4/c18-13(14-2-1-5-19-14)8-12-11-7-16-15(20-9-21-16)6-10(11)3-4-17-12/h1-2,5-8,17H,3-4,9H2. The molecule has 0 radical (unpaired) electrons. The van der Waals surface area contributed by atoms with Crippen LogP contribution in [0.5, 0.6) is 11.5 Å².